The summed E-state index contributed by atoms with van der Waals surface area (Å²) in [5.41, 5.74) is 5.19. The summed E-state index contributed by atoms with van der Waals surface area (Å²) in [4.78, 5) is 8.85. The van der Waals surface area contributed by atoms with Crippen LogP contribution in [0.5, 0.6) is 0 Å². The maximum absolute atomic E-state index is 4.56. The smallest absolute Gasteiger partial charge is 0.142 e. The molecular formula is C13H12N4S. The fourth-order valence-electron chi connectivity index (χ4n) is 1.61. The Morgan fingerprint density at radius 2 is 2.06 bits per heavy atom. The summed E-state index contributed by atoms with van der Waals surface area (Å²) in [6, 6.07) is 9.82. The molecule has 0 aromatic carbocycles. The van der Waals surface area contributed by atoms with E-state index in [1.54, 1.807) is 17.5 Å². The molecule has 0 aliphatic heterocycles. The third-order valence-electron chi connectivity index (χ3n) is 2.48. The summed E-state index contributed by atoms with van der Waals surface area (Å²) in [6.45, 7) is 0.706. The Balaban J connectivity index is 1.70. The number of hydrogen-bond acceptors (Lipinski definition) is 4. The number of nitrogens with zero attached hydrogens (tertiary/aromatic N) is 3. The van der Waals surface area contributed by atoms with Crippen molar-refractivity contribution < 1.29 is 0 Å². The van der Waals surface area contributed by atoms with Crippen molar-refractivity contribution in [2.75, 3.05) is 5.43 Å². The molecule has 0 saturated carbocycles. The Hall–Kier alpha value is -2.14. The lowest BCUT2D eigenvalue weighted by molar-refractivity contribution is 0.834. The van der Waals surface area contributed by atoms with Crippen LogP contribution in [0.15, 0.2) is 54.3 Å². The molecule has 0 aliphatic rings. The third kappa shape index (κ3) is 2.41. The Morgan fingerprint density at radius 3 is 2.83 bits per heavy atom. The highest BCUT2D eigenvalue weighted by Crippen LogP contribution is 2.21. The van der Waals surface area contributed by atoms with E-state index in [0.717, 1.165) is 16.4 Å². The van der Waals surface area contributed by atoms with Gasteiger partial charge in [0.05, 0.1) is 17.9 Å². The third-order valence-corrected chi connectivity index (χ3v) is 3.40. The molecule has 3 aromatic heterocycles. The van der Waals surface area contributed by atoms with Crippen LogP contribution in [0.3, 0.4) is 0 Å². The zero-order valence-electron chi connectivity index (χ0n) is 9.65. The fraction of sp³-hybridized carbons (Fsp3) is 0.0769. The predicted octanol–water partition coefficient (Wildman–Crippen LogP) is 2.75. The van der Waals surface area contributed by atoms with Crippen LogP contribution in [-0.2, 0) is 6.54 Å². The molecule has 0 fully saturated rings. The monoisotopic (exact) mass is 256 g/mol. The molecule has 3 rings (SSSR count). The van der Waals surface area contributed by atoms with E-state index in [-0.39, 0.29) is 0 Å². The Morgan fingerprint density at radius 1 is 1.17 bits per heavy atom. The molecule has 0 spiro atoms. The summed E-state index contributed by atoms with van der Waals surface area (Å²) in [5.74, 6) is 0. The Bertz CT molecular complexity index is 601. The lowest BCUT2D eigenvalue weighted by Crippen LogP contribution is -2.11. The van der Waals surface area contributed by atoms with Crippen molar-refractivity contribution in [1.29, 1.82) is 0 Å². The first-order valence-electron chi connectivity index (χ1n) is 5.64. The van der Waals surface area contributed by atoms with Crippen molar-refractivity contribution in [2.24, 2.45) is 0 Å². The molecule has 3 aromatic rings. The first-order valence-corrected chi connectivity index (χ1v) is 6.52. The van der Waals surface area contributed by atoms with Crippen LogP contribution >= 0.6 is 11.3 Å². The van der Waals surface area contributed by atoms with Gasteiger partial charge in [-0.1, -0.05) is 6.07 Å². The first-order chi connectivity index (χ1) is 8.92. The van der Waals surface area contributed by atoms with Crippen molar-refractivity contribution in [2.45, 2.75) is 6.54 Å². The van der Waals surface area contributed by atoms with E-state index in [4.69, 9.17) is 0 Å². The second-order valence-corrected chi connectivity index (χ2v) is 4.64. The van der Waals surface area contributed by atoms with E-state index in [1.807, 2.05) is 47.4 Å². The number of nitrogens with one attached hydrogen (secondary N) is 1. The normalized spacial score (nSPS) is 10.4. The maximum Gasteiger partial charge on any atom is 0.142 e. The van der Waals surface area contributed by atoms with Crippen molar-refractivity contribution in [1.82, 2.24) is 14.6 Å². The largest absolute Gasteiger partial charge is 0.320 e. The lowest BCUT2D eigenvalue weighted by Gasteiger charge is -2.04. The average molecular weight is 256 g/mol. The van der Waals surface area contributed by atoms with Gasteiger partial charge in [-0.3, -0.25) is 9.66 Å². The molecule has 90 valence electrons. The van der Waals surface area contributed by atoms with Gasteiger partial charge in [-0.05, 0) is 24.3 Å². The summed E-state index contributed by atoms with van der Waals surface area (Å²) in [5, 5.41) is 3.01. The van der Waals surface area contributed by atoms with Gasteiger partial charge in [0, 0.05) is 24.0 Å². The Kier molecular flexibility index (Phi) is 3.06. The van der Waals surface area contributed by atoms with Crippen molar-refractivity contribution in [3.63, 3.8) is 0 Å². The van der Waals surface area contributed by atoms with Crippen LogP contribution in [0, 0.1) is 0 Å². The van der Waals surface area contributed by atoms with E-state index in [0.29, 0.717) is 6.54 Å². The second-order valence-electron chi connectivity index (χ2n) is 3.78. The molecule has 0 atom stereocenters. The van der Waals surface area contributed by atoms with Gasteiger partial charge >= 0.3 is 0 Å². The molecule has 1 N–H and O–H groups in total. The molecule has 0 radical (unpaired) electrons. The number of hydrogen-bond donors (Lipinski definition) is 1. The summed E-state index contributed by atoms with van der Waals surface area (Å²) >= 11 is 1.62. The molecule has 4 nitrogen and oxygen atoms in total. The molecule has 0 unspecified atom stereocenters. The van der Waals surface area contributed by atoms with Crippen LogP contribution in [0.4, 0.5) is 0 Å². The highest BCUT2D eigenvalue weighted by molar-refractivity contribution is 7.13. The van der Waals surface area contributed by atoms with Gasteiger partial charge in [0.1, 0.15) is 5.01 Å². The molecule has 0 bridgehead atoms. The van der Waals surface area contributed by atoms with Crippen LogP contribution in [0.25, 0.3) is 10.7 Å². The first kappa shape index (κ1) is 11.0. The predicted molar refractivity (Wildman–Crippen MR) is 72.8 cm³/mol. The Labute approximate surface area is 109 Å². The van der Waals surface area contributed by atoms with E-state index < -0.39 is 0 Å². The van der Waals surface area contributed by atoms with Crippen LogP contribution in [0.1, 0.15) is 5.69 Å². The minimum absolute atomic E-state index is 0.706. The van der Waals surface area contributed by atoms with Gasteiger partial charge in [-0.2, -0.15) is 0 Å². The van der Waals surface area contributed by atoms with Crippen LogP contribution in [0.2, 0.25) is 0 Å². The summed E-state index contributed by atoms with van der Waals surface area (Å²) in [7, 11) is 0. The van der Waals surface area contributed by atoms with Crippen LogP contribution in [-0.4, -0.2) is 14.6 Å². The minimum Gasteiger partial charge on any atom is -0.320 e. The lowest BCUT2D eigenvalue weighted by atomic mass is 10.4. The summed E-state index contributed by atoms with van der Waals surface area (Å²) < 4.78 is 1.92. The quantitative estimate of drug-likeness (QED) is 0.780. The second kappa shape index (κ2) is 5.01. The van der Waals surface area contributed by atoms with Crippen LogP contribution < -0.4 is 5.43 Å². The topological polar surface area (TPSA) is 42.7 Å². The zero-order valence-corrected chi connectivity index (χ0v) is 10.5. The molecular weight excluding hydrogens is 244 g/mol. The van der Waals surface area contributed by atoms with Gasteiger partial charge in [-0.25, -0.2) is 4.98 Å². The summed E-state index contributed by atoms with van der Waals surface area (Å²) in [6.07, 6.45) is 5.71. The van der Waals surface area contributed by atoms with Gasteiger partial charge in [0.25, 0.3) is 0 Å². The maximum atomic E-state index is 4.56. The molecule has 18 heavy (non-hydrogen) atoms. The molecule has 0 aliphatic carbocycles. The number of aromatic nitrogens is 3. The minimum atomic E-state index is 0.706. The highest BCUT2D eigenvalue weighted by Gasteiger charge is 2.04. The molecule has 0 saturated heterocycles. The van der Waals surface area contributed by atoms with Gasteiger partial charge in [0.15, 0.2) is 0 Å². The highest BCUT2D eigenvalue weighted by atomic mass is 32.1. The van der Waals surface area contributed by atoms with Gasteiger partial charge in [0.2, 0.25) is 0 Å². The zero-order chi connectivity index (χ0) is 12.2. The molecule has 3 heterocycles. The van der Waals surface area contributed by atoms with Crippen molar-refractivity contribution >= 4 is 11.3 Å². The van der Waals surface area contributed by atoms with Crippen molar-refractivity contribution in [3.8, 4) is 10.7 Å². The van der Waals surface area contributed by atoms with E-state index in [2.05, 4.69) is 20.8 Å². The number of rotatable bonds is 4. The molecule has 5 heteroatoms. The average Bonchev–Trinajstić information content (AvgIpc) is 3.09. The number of thiazole rings is 1. The van der Waals surface area contributed by atoms with Gasteiger partial charge in [-0.15, -0.1) is 11.3 Å². The standard InChI is InChI=1S/C13H12N4S/c1-2-6-14-12(5-1)13-16-11(10-18-13)9-15-17-7-3-4-8-17/h1-8,10,15H,9H2. The molecule has 0 amide bonds. The van der Waals surface area contributed by atoms with E-state index in [1.165, 1.54) is 0 Å². The number of pyridine rings is 1. The van der Waals surface area contributed by atoms with E-state index in [9.17, 15) is 0 Å². The fourth-order valence-corrected chi connectivity index (χ4v) is 2.40. The van der Waals surface area contributed by atoms with Crippen molar-refractivity contribution in [3.05, 3.63) is 60.0 Å². The van der Waals surface area contributed by atoms with Gasteiger partial charge < -0.3 is 5.43 Å². The van der Waals surface area contributed by atoms with E-state index >= 15 is 0 Å². The SMILES string of the molecule is c1ccc(-c2nc(CNn3cccc3)cs2)nc1.